The van der Waals surface area contributed by atoms with Crippen LogP contribution in [0.25, 0.3) is 5.65 Å². The third kappa shape index (κ3) is 3.00. The Morgan fingerprint density at radius 1 is 1.43 bits per heavy atom. The molecule has 0 atom stereocenters. The number of hydrogen-bond acceptors (Lipinski definition) is 5. The summed E-state index contributed by atoms with van der Waals surface area (Å²) in [7, 11) is 2.06. The molecule has 3 aromatic rings. The van der Waals surface area contributed by atoms with Gasteiger partial charge in [0.05, 0.1) is 12.7 Å². The van der Waals surface area contributed by atoms with Gasteiger partial charge >= 0.3 is 0 Å². The van der Waals surface area contributed by atoms with Gasteiger partial charge in [0.15, 0.2) is 11.5 Å². The molecular weight excluding hydrogens is 282 g/mol. The van der Waals surface area contributed by atoms with Gasteiger partial charge in [-0.1, -0.05) is 13.0 Å². The first-order valence-corrected chi connectivity index (χ1v) is 7.97. The quantitative estimate of drug-likeness (QED) is 0.759. The Bertz CT molecular complexity index is 704. The maximum atomic E-state index is 4.73. The lowest BCUT2D eigenvalue weighted by Crippen LogP contribution is -2.19. The fraction of sp³-hybridized carbons (Fsp3) is 0.333. The molecule has 0 aromatic carbocycles. The number of rotatable bonds is 6. The molecule has 3 aromatic heterocycles. The largest absolute Gasteiger partial charge is 0.369 e. The van der Waals surface area contributed by atoms with Gasteiger partial charge < -0.3 is 14.6 Å². The Hall–Kier alpha value is -2.08. The normalized spacial score (nSPS) is 11.0. The van der Waals surface area contributed by atoms with Gasteiger partial charge in [0, 0.05) is 30.9 Å². The molecule has 0 unspecified atom stereocenters. The lowest BCUT2D eigenvalue weighted by Gasteiger charge is -2.19. The second kappa shape index (κ2) is 6.13. The van der Waals surface area contributed by atoms with E-state index in [0.717, 1.165) is 36.8 Å². The van der Waals surface area contributed by atoms with Gasteiger partial charge in [-0.05, 0) is 17.9 Å². The minimum Gasteiger partial charge on any atom is -0.369 e. The second-order valence-corrected chi connectivity index (χ2v) is 6.00. The van der Waals surface area contributed by atoms with Crippen molar-refractivity contribution in [1.29, 1.82) is 0 Å². The van der Waals surface area contributed by atoms with Crippen LogP contribution in [-0.4, -0.2) is 28.0 Å². The standard InChI is InChI=1S/C15H19N5S/c1-3-6-16-13-11-20-8-7-17-14(20)15(18-13)19(2)10-12-5-4-9-21-12/h4-5,7-9,11,16H,3,6,10H2,1-2H3. The van der Waals surface area contributed by atoms with E-state index in [1.54, 1.807) is 11.3 Å². The van der Waals surface area contributed by atoms with E-state index in [4.69, 9.17) is 4.98 Å². The van der Waals surface area contributed by atoms with E-state index in [1.807, 2.05) is 23.0 Å². The minimum absolute atomic E-state index is 0.838. The zero-order valence-corrected chi connectivity index (χ0v) is 13.1. The fourth-order valence-electron chi connectivity index (χ4n) is 2.22. The highest BCUT2D eigenvalue weighted by Crippen LogP contribution is 2.22. The first-order valence-electron chi connectivity index (χ1n) is 7.09. The Balaban J connectivity index is 1.93. The van der Waals surface area contributed by atoms with Crippen molar-refractivity contribution in [2.24, 2.45) is 0 Å². The Morgan fingerprint density at radius 3 is 3.10 bits per heavy atom. The number of aromatic nitrogens is 3. The first-order chi connectivity index (χ1) is 10.3. The monoisotopic (exact) mass is 301 g/mol. The smallest absolute Gasteiger partial charge is 0.180 e. The van der Waals surface area contributed by atoms with Crippen molar-refractivity contribution in [3.05, 3.63) is 41.0 Å². The van der Waals surface area contributed by atoms with Crippen molar-refractivity contribution in [2.45, 2.75) is 19.9 Å². The molecule has 5 nitrogen and oxygen atoms in total. The van der Waals surface area contributed by atoms with Gasteiger partial charge in [-0.3, -0.25) is 0 Å². The van der Waals surface area contributed by atoms with Gasteiger partial charge in [-0.25, -0.2) is 9.97 Å². The zero-order chi connectivity index (χ0) is 14.7. The fourth-order valence-corrected chi connectivity index (χ4v) is 2.98. The molecular formula is C15H19N5S. The van der Waals surface area contributed by atoms with Crippen molar-refractivity contribution >= 4 is 28.6 Å². The molecule has 3 heterocycles. The second-order valence-electron chi connectivity index (χ2n) is 4.97. The summed E-state index contributed by atoms with van der Waals surface area (Å²) in [5.74, 6) is 1.78. The lowest BCUT2D eigenvalue weighted by atomic mass is 10.4. The molecule has 0 fully saturated rings. The molecule has 3 rings (SSSR count). The number of anilines is 2. The van der Waals surface area contributed by atoms with Crippen LogP contribution in [0, 0.1) is 0 Å². The van der Waals surface area contributed by atoms with Gasteiger partial charge in [0.25, 0.3) is 0 Å². The summed E-state index contributed by atoms with van der Waals surface area (Å²) >= 11 is 1.76. The molecule has 0 amide bonds. The van der Waals surface area contributed by atoms with Crippen LogP contribution < -0.4 is 10.2 Å². The van der Waals surface area contributed by atoms with Gasteiger partial charge in [-0.2, -0.15) is 0 Å². The molecule has 0 saturated carbocycles. The molecule has 0 aliphatic heterocycles. The molecule has 0 radical (unpaired) electrons. The summed E-state index contributed by atoms with van der Waals surface area (Å²) in [6, 6.07) is 4.22. The molecule has 21 heavy (non-hydrogen) atoms. The molecule has 0 aliphatic rings. The van der Waals surface area contributed by atoms with Crippen molar-refractivity contribution in [2.75, 3.05) is 23.8 Å². The predicted molar refractivity (Wildman–Crippen MR) is 88.2 cm³/mol. The lowest BCUT2D eigenvalue weighted by molar-refractivity contribution is 0.898. The summed E-state index contributed by atoms with van der Waals surface area (Å²) in [5.41, 5.74) is 0.885. The minimum atomic E-state index is 0.838. The Kier molecular flexibility index (Phi) is 4.06. The molecule has 0 saturated heterocycles. The third-order valence-corrected chi connectivity index (χ3v) is 4.11. The van der Waals surface area contributed by atoms with E-state index in [2.05, 4.69) is 46.7 Å². The first kappa shape index (κ1) is 13.9. The highest BCUT2D eigenvalue weighted by atomic mass is 32.1. The summed E-state index contributed by atoms with van der Waals surface area (Å²) in [4.78, 5) is 12.6. The van der Waals surface area contributed by atoms with E-state index in [-0.39, 0.29) is 0 Å². The van der Waals surface area contributed by atoms with Crippen LogP contribution >= 0.6 is 11.3 Å². The van der Waals surface area contributed by atoms with E-state index < -0.39 is 0 Å². The van der Waals surface area contributed by atoms with Crippen molar-refractivity contribution in [3.8, 4) is 0 Å². The van der Waals surface area contributed by atoms with Crippen LogP contribution in [0.1, 0.15) is 18.2 Å². The van der Waals surface area contributed by atoms with Crippen LogP contribution in [0.2, 0.25) is 0 Å². The highest BCUT2D eigenvalue weighted by Gasteiger charge is 2.12. The molecule has 0 aliphatic carbocycles. The molecule has 1 N–H and O–H groups in total. The number of nitrogens with one attached hydrogen (secondary N) is 1. The third-order valence-electron chi connectivity index (χ3n) is 3.25. The van der Waals surface area contributed by atoms with Crippen LogP contribution in [-0.2, 0) is 6.54 Å². The molecule has 0 spiro atoms. The van der Waals surface area contributed by atoms with Gasteiger partial charge in [0.1, 0.15) is 5.82 Å². The highest BCUT2D eigenvalue weighted by molar-refractivity contribution is 7.09. The SMILES string of the molecule is CCCNc1cn2ccnc2c(N(C)Cc2cccs2)n1. The van der Waals surface area contributed by atoms with Crippen molar-refractivity contribution in [3.63, 3.8) is 0 Å². The van der Waals surface area contributed by atoms with E-state index in [9.17, 15) is 0 Å². The maximum absolute atomic E-state index is 4.73. The van der Waals surface area contributed by atoms with Crippen molar-refractivity contribution in [1.82, 2.24) is 14.4 Å². The Labute approximate surface area is 128 Å². The summed E-state index contributed by atoms with van der Waals surface area (Å²) in [6.45, 7) is 3.90. The topological polar surface area (TPSA) is 45.5 Å². The van der Waals surface area contributed by atoms with Gasteiger partial charge in [0.2, 0.25) is 0 Å². The number of nitrogens with zero attached hydrogens (tertiary/aromatic N) is 4. The van der Waals surface area contributed by atoms with Crippen LogP contribution in [0.4, 0.5) is 11.6 Å². The number of thiophene rings is 1. The summed E-state index contributed by atoms with van der Waals surface area (Å²) in [5, 5.41) is 5.44. The number of hydrogen-bond donors (Lipinski definition) is 1. The van der Waals surface area contributed by atoms with E-state index in [0.29, 0.717) is 0 Å². The van der Waals surface area contributed by atoms with Crippen LogP contribution in [0.15, 0.2) is 36.1 Å². The Morgan fingerprint density at radius 2 is 2.33 bits per heavy atom. The van der Waals surface area contributed by atoms with Crippen LogP contribution in [0.5, 0.6) is 0 Å². The predicted octanol–water partition coefficient (Wildman–Crippen LogP) is 3.25. The summed E-state index contributed by atoms with van der Waals surface area (Å²) < 4.78 is 2.02. The van der Waals surface area contributed by atoms with E-state index >= 15 is 0 Å². The average molecular weight is 301 g/mol. The maximum Gasteiger partial charge on any atom is 0.180 e. The number of imidazole rings is 1. The number of fused-ring (bicyclic) bond motifs is 1. The van der Waals surface area contributed by atoms with Gasteiger partial charge in [-0.15, -0.1) is 11.3 Å². The molecule has 110 valence electrons. The molecule has 6 heteroatoms. The van der Waals surface area contributed by atoms with Crippen molar-refractivity contribution < 1.29 is 0 Å². The zero-order valence-electron chi connectivity index (χ0n) is 12.3. The van der Waals surface area contributed by atoms with Crippen LogP contribution in [0.3, 0.4) is 0 Å². The average Bonchev–Trinajstić information content (AvgIpc) is 3.14. The molecule has 0 bridgehead atoms. The van der Waals surface area contributed by atoms with E-state index in [1.165, 1.54) is 4.88 Å². The summed E-state index contributed by atoms with van der Waals surface area (Å²) in [6.07, 6.45) is 6.82.